The molecular formula is C28H30BrFO4. The lowest BCUT2D eigenvalue weighted by atomic mass is 9.45. The summed E-state index contributed by atoms with van der Waals surface area (Å²) in [6.45, 7) is 5.44. The van der Waals surface area contributed by atoms with Crippen LogP contribution >= 0.6 is 15.9 Å². The van der Waals surface area contributed by atoms with Crippen LogP contribution in [-0.2, 0) is 14.4 Å². The summed E-state index contributed by atoms with van der Waals surface area (Å²) in [6.07, 6.45) is 3.65. The van der Waals surface area contributed by atoms with Crippen molar-refractivity contribution in [3.8, 4) is 0 Å². The number of Topliss-reactive ketones (excluding diaryl/α,β-unsaturated/α-hetero) is 3. The molecule has 0 aliphatic heterocycles. The number of hydrogen-bond donors (Lipinski definition) is 0. The van der Waals surface area contributed by atoms with Gasteiger partial charge in [0.15, 0.2) is 5.78 Å². The molecule has 3 fully saturated rings. The minimum Gasteiger partial charge on any atom is -0.300 e. The summed E-state index contributed by atoms with van der Waals surface area (Å²) in [4.78, 5) is 51.0. The molecule has 5 rings (SSSR count). The molecule has 0 spiro atoms. The molecule has 0 amide bonds. The molecule has 1 unspecified atom stereocenters. The quantitative estimate of drug-likeness (QED) is 0.363. The van der Waals surface area contributed by atoms with E-state index in [0.29, 0.717) is 31.2 Å². The highest BCUT2D eigenvalue weighted by Crippen LogP contribution is 2.70. The third kappa shape index (κ3) is 3.13. The maximum atomic E-state index is 17.2. The van der Waals surface area contributed by atoms with Crippen LogP contribution in [0.25, 0.3) is 0 Å². The Morgan fingerprint density at radius 2 is 1.74 bits per heavy atom. The Hall–Kier alpha value is -1.95. The molecule has 4 nitrogen and oxygen atoms in total. The van der Waals surface area contributed by atoms with Crippen LogP contribution in [0.3, 0.4) is 0 Å². The normalized spacial score (nSPS) is 41.3. The van der Waals surface area contributed by atoms with Crippen LogP contribution in [-0.4, -0.2) is 28.8 Å². The van der Waals surface area contributed by atoms with Crippen molar-refractivity contribution in [3.05, 3.63) is 46.0 Å². The molecule has 3 saturated carbocycles. The summed E-state index contributed by atoms with van der Waals surface area (Å²) in [5.74, 6) is -2.49. The Bertz CT molecular complexity index is 1140. The van der Waals surface area contributed by atoms with Crippen molar-refractivity contribution in [2.24, 2.45) is 34.5 Å². The molecule has 7 atom stereocenters. The summed E-state index contributed by atoms with van der Waals surface area (Å²) in [5.41, 5.74) is -1.77. The van der Waals surface area contributed by atoms with E-state index in [1.807, 2.05) is 12.1 Å². The van der Waals surface area contributed by atoms with E-state index in [-0.39, 0.29) is 36.2 Å². The van der Waals surface area contributed by atoms with Gasteiger partial charge >= 0.3 is 0 Å². The maximum Gasteiger partial charge on any atom is 0.221 e. The number of benzene rings is 1. The number of carbonyl (C=O) groups is 4. The highest BCUT2D eigenvalue weighted by atomic mass is 79.9. The van der Waals surface area contributed by atoms with Gasteiger partial charge in [0.1, 0.15) is 11.5 Å². The minimum atomic E-state index is -1.63. The molecule has 34 heavy (non-hydrogen) atoms. The van der Waals surface area contributed by atoms with Crippen LogP contribution in [0, 0.1) is 34.5 Å². The third-order valence-corrected chi connectivity index (χ3v) is 10.4. The number of allylic oxidation sites excluding steroid dienone is 1. The molecule has 0 saturated heterocycles. The predicted octanol–water partition coefficient (Wildman–Crippen LogP) is 5.87. The number of ketones is 4. The number of carbonyl (C=O) groups excluding carboxylic acids is 4. The number of hydrogen-bond acceptors (Lipinski definition) is 4. The summed E-state index contributed by atoms with van der Waals surface area (Å²) < 4.78 is 18.1. The summed E-state index contributed by atoms with van der Waals surface area (Å²) in [6, 6.07) is 7.19. The maximum absolute atomic E-state index is 17.2. The van der Waals surface area contributed by atoms with Gasteiger partial charge in [-0.1, -0.05) is 47.5 Å². The van der Waals surface area contributed by atoms with E-state index in [4.69, 9.17) is 0 Å². The Morgan fingerprint density at radius 3 is 2.38 bits per heavy atom. The van der Waals surface area contributed by atoms with Crippen LogP contribution in [0.4, 0.5) is 4.39 Å². The average Bonchev–Trinajstić information content (AvgIpc) is 3.09. The molecule has 0 heterocycles. The van der Waals surface area contributed by atoms with Gasteiger partial charge in [-0.15, -0.1) is 0 Å². The average molecular weight is 529 g/mol. The molecule has 1 aromatic rings. The Morgan fingerprint density at radius 1 is 1.06 bits per heavy atom. The van der Waals surface area contributed by atoms with E-state index in [0.717, 1.165) is 10.0 Å². The first-order valence-corrected chi connectivity index (χ1v) is 13.0. The van der Waals surface area contributed by atoms with E-state index in [1.54, 1.807) is 26.0 Å². The van der Waals surface area contributed by atoms with Gasteiger partial charge in [0.2, 0.25) is 11.6 Å². The fraction of sp³-hybridized carbons (Fsp3) is 0.571. The second kappa shape index (κ2) is 7.78. The molecule has 0 aromatic heterocycles. The molecule has 0 bridgehead atoms. The Balaban J connectivity index is 1.54. The van der Waals surface area contributed by atoms with Crippen molar-refractivity contribution in [2.75, 3.05) is 0 Å². The third-order valence-electron chi connectivity index (χ3n) is 9.92. The Kier molecular flexibility index (Phi) is 5.44. The number of fused-ring (bicyclic) bond motifs is 5. The molecule has 1 aromatic carbocycles. The second-order valence-electron chi connectivity index (χ2n) is 11.4. The molecule has 180 valence electrons. The molecule has 0 N–H and O–H groups in total. The zero-order valence-corrected chi connectivity index (χ0v) is 21.4. The number of halogens is 2. The van der Waals surface area contributed by atoms with Gasteiger partial charge in [-0.25, -0.2) is 4.39 Å². The summed E-state index contributed by atoms with van der Waals surface area (Å²) >= 11 is 3.40. The van der Waals surface area contributed by atoms with Crippen molar-refractivity contribution in [2.45, 2.75) is 65.0 Å². The first kappa shape index (κ1) is 23.8. The van der Waals surface area contributed by atoms with E-state index in [9.17, 15) is 19.2 Å². The highest BCUT2D eigenvalue weighted by molar-refractivity contribution is 9.10. The van der Waals surface area contributed by atoms with E-state index in [2.05, 4.69) is 22.9 Å². The molecular weight excluding hydrogens is 499 g/mol. The van der Waals surface area contributed by atoms with Crippen LogP contribution in [0.15, 0.2) is 40.4 Å². The smallest absolute Gasteiger partial charge is 0.221 e. The largest absolute Gasteiger partial charge is 0.300 e. The zero-order valence-electron chi connectivity index (χ0n) is 19.8. The van der Waals surface area contributed by atoms with Gasteiger partial charge in [-0.3, -0.25) is 19.2 Å². The highest BCUT2D eigenvalue weighted by Gasteiger charge is 2.70. The predicted molar refractivity (Wildman–Crippen MR) is 129 cm³/mol. The van der Waals surface area contributed by atoms with Crippen LogP contribution in [0.5, 0.6) is 0 Å². The van der Waals surface area contributed by atoms with Crippen LogP contribution in [0.2, 0.25) is 0 Å². The van der Waals surface area contributed by atoms with Crippen molar-refractivity contribution < 1.29 is 23.6 Å². The molecule has 4 aliphatic rings. The van der Waals surface area contributed by atoms with Gasteiger partial charge in [0.05, 0.1) is 0 Å². The molecule has 4 aliphatic carbocycles. The first-order valence-electron chi connectivity index (χ1n) is 12.2. The van der Waals surface area contributed by atoms with Crippen LogP contribution < -0.4 is 0 Å². The van der Waals surface area contributed by atoms with Gasteiger partial charge in [0.25, 0.3) is 0 Å². The van der Waals surface area contributed by atoms with Gasteiger partial charge in [-0.2, -0.15) is 0 Å². The number of rotatable bonds is 3. The van der Waals surface area contributed by atoms with Gasteiger partial charge in [-0.05, 0) is 74.5 Å². The first-order chi connectivity index (χ1) is 15.9. The van der Waals surface area contributed by atoms with Crippen LogP contribution in [0.1, 0.15) is 69.7 Å². The second-order valence-corrected chi connectivity index (χ2v) is 12.3. The zero-order chi connectivity index (χ0) is 24.6. The van der Waals surface area contributed by atoms with Crippen molar-refractivity contribution in [3.63, 3.8) is 0 Å². The molecule has 0 radical (unpaired) electrons. The van der Waals surface area contributed by atoms with E-state index < -0.39 is 39.9 Å². The van der Waals surface area contributed by atoms with Crippen molar-refractivity contribution in [1.82, 2.24) is 0 Å². The topological polar surface area (TPSA) is 68.3 Å². The summed E-state index contributed by atoms with van der Waals surface area (Å²) in [7, 11) is 0. The fourth-order valence-corrected chi connectivity index (χ4v) is 8.50. The van der Waals surface area contributed by atoms with Gasteiger partial charge < -0.3 is 0 Å². The lowest BCUT2D eigenvalue weighted by Crippen LogP contribution is -2.61. The van der Waals surface area contributed by atoms with Crippen molar-refractivity contribution >= 4 is 39.1 Å². The number of alkyl halides is 1. The molecule has 6 heteroatoms. The minimum absolute atomic E-state index is 0.00660. The lowest BCUT2D eigenvalue weighted by Gasteiger charge is -2.60. The van der Waals surface area contributed by atoms with E-state index >= 15 is 4.39 Å². The summed E-state index contributed by atoms with van der Waals surface area (Å²) in [5, 5.41) is 0. The van der Waals surface area contributed by atoms with E-state index in [1.165, 1.54) is 6.08 Å². The standard InChI is InChI=1S/C28H30BrFO4/c1-15(31)24-19(25(34)16-4-7-18(29)8-5-16)13-21-20-9-6-17-12-22(32)23(33)14-27(17,3)28(20,30)11-10-26(21,24)2/h4-5,7-8,12,19-21,24H,6,9-11,13-14H2,1-3H3/t19?,20-,21-,24-,26-,27-,28+/m0/s1. The SMILES string of the molecule is CC(=O)[C@H]1C(C(=O)c2ccc(Br)cc2)C[C@H]2[C@@H]3CCC4=CC(=O)C(=O)C[C@]4(C)[C@@]3(F)CC[C@]12C. The van der Waals surface area contributed by atoms with Gasteiger partial charge in [0, 0.05) is 33.7 Å². The lowest BCUT2D eigenvalue weighted by molar-refractivity contribution is -0.158. The Labute approximate surface area is 207 Å². The fourth-order valence-electron chi connectivity index (χ4n) is 8.23. The monoisotopic (exact) mass is 528 g/mol. The van der Waals surface area contributed by atoms with Crippen molar-refractivity contribution in [1.29, 1.82) is 0 Å².